The van der Waals surface area contributed by atoms with E-state index in [1.54, 1.807) is 12.1 Å². The van der Waals surface area contributed by atoms with E-state index < -0.39 is 5.97 Å². The molecule has 1 N–H and O–H groups in total. The first-order valence-corrected chi connectivity index (χ1v) is 8.77. The maximum absolute atomic E-state index is 11.9. The molecule has 0 fully saturated rings. The minimum atomic E-state index is -0.493. The Bertz CT molecular complexity index is 690. The number of carbonyl (C=O) groups is 2. The number of unbranched alkanes of at least 4 members (excludes halogenated alkanes) is 1. The Balaban J connectivity index is 1.80. The number of nitrogens with one attached hydrogen (secondary N) is 1. The SMILES string of the molecule is CCCCc1ccc(NC(=O)COC(=O)c2ccc(CC)cc2)cc1. The number of ether oxygens (including phenoxy) is 1. The highest BCUT2D eigenvalue weighted by molar-refractivity contribution is 5.95. The zero-order valence-corrected chi connectivity index (χ0v) is 14.9. The molecule has 132 valence electrons. The molecule has 0 bridgehead atoms. The van der Waals surface area contributed by atoms with E-state index in [-0.39, 0.29) is 12.5 Å². The molecule has 0 unspecified atom stereocenters. The molecule has 0 aliphatic carbocycles. The Labute approximate surface area is 149 Å². The lowest BCUT2D eigenvalue weighted by molar-refractivity contribution is -0.119. The summed E-state index contributed by atoms with van der Waals surface area (Å²) < 4.78 is 5.06. The molecule has 25 heavy (non-hydrogen) atoms. The summed E-state index contributed by atoms with van der Waals surface area (Å²) in [5, 5.41) is 2.73. The van der Waals surface area contributed by atoms with Crippen molar-refractivity contribution in [1.29, 1.82) is 0 Å². The Morgan fingerprint density at radius 1 is 0.920 bits per heavy atom. The lowest BCUT2D eigenvalue weighted by atomic mass is 10.1. The monoisotopic (exact) mass is 339 g/mol. The van der Waals surface area contributed by atoms with Crippen LogP contribution in [-0.4, -0.2) is 18.5 Å². The van der Waals surface area contributed by atoms with E-state index in [1.807, 2.05) is 43.3 Å². The molecular weight excluding hydrogens is 314 g/mol. The molecule has 0 aliphatic rings. The molecule has 1 amide bonds. The fraction of sp³-hybridized carbons (Fsp3) is 0.333. The number of hydrogen-bond donors (Lipinski definition) is 1. The van der Waals surface area contributed by atoms with Crippen molar-refractivity contribution < 1.29 is 14.3 Å². The second-order valence-corrected chi connectivity index (χ2v) is 5.98. The average molecular weight is 339 g/mol. The molecule has 4 heteroatoms. The number of rotatable bonds is 8. The summed E-state index contributed by atoms with van der Waals surface area (Å²) in [7, 11) is 0. The summed E-state index contributed by atoms with van der Waals surface area (Å²) in [6.45, 7) is 3.91. The predicted molar refractivity (Wildman–Crippen MR) is 99.8 cm³/mol. The number of aryl methyl sites for hydroxylation is 2. The van der Waals surface area contributed by atoms with Gasteiger partial charge in [-0.1, -0.05) is 44.5 Å². The third-order valence-corrected chi connectivity index (χ3v) is 3.99. The second-order valence-electron chi connectivity index (χ2n) is 5.98. The van der Waals surface area contributed by atoms with Crippen molar-refractivity contribution in [3.63, 3.8) is 0 Å². The van der Waals surface area contributed by atoms with Crippen LogP contribution in [0.2, 0.25) is 0 Å². The van der Waals surface area contributed by atoms with Crippen molar-refractivity contribution in [1.82, 2.24) is 0 Å². The summed E-state index contributed by atoms with van der Waals surface area (Å²) >= 11 is 0. The highest BCUT2D eigenvalue weighted by Crippen LogP contribution is 2.12. The van der Waals surface area contributed by atoms with Gasteiger partial charge in [0.25, 0.3) is 5.91 Å². The van der Waals surface area contributed by atoms with Crippen molar-refractivity contribution in [3.05, 3.63) is 65.2 Å². The van der Waals surface area contributed by atoms with Gasteiger partial charge in [0.1, 0.15) is 0 Å². The average Bonchev–Trinajstić information content (AvgIpc) is 2.65. The third kappa shape index (κ3) is 6.07. The van der Waals surface area contributed by atoms with Crippen molar-refractivity contribution in [2.45, 2.75) is 39.5 Å². The van der Waals surface area contributed by atoms with E-state index >= 15 is 0 Å². The van der Waals surface area contributed by atoms with Gasteiger partial charge in [-0.05, 0) is 54.7 Å². The third-order valence-electron chi connectivity index (χ3n) is 3.99. The van der Waals surface area contributed by atoms with E-state index in [9.17, 15) is 9.59 Å². The zero-order chi connectivity index (χ0) is 18.1. The van der Waals surface area contributed by atoms with Crippen LogP contribution in [0.1, 0.15) is 48.2 Å². The Kier molecular flexibility index (Phi) is 7.20. The van der Waals surface area contributed by atoms with Crippen LogP contribution in [0.4, 0.5) is 5.69 Å². The van der Waals surface area contributed by atoms with E-state index in [0.717, 1.165) is 31.2 Å². The van der Waals surface area contributed by atoms with Gasteiger partial charge in [-0.15, -0.1) is 0 Å². The predicted octanol–water partition coefficient (Wildman–Crippen LogP) is 4.39. The maximum Gasteiger partial charge on any atom is 0.338 e. The quantitative estimate of drug-likeness (QED) is 0.726. The molecule has 2 aromatic rings. The molecule has 0 atom stereocenters. The van der Waals surface area contributed by atoms with E-state index in [1.165, 1.54) is 5.56 Å². The van der Waals surface area contributed by atoms with Gasteiger partial charge in [-0.2, -0.15) is 0 Å². The highest BCUT2D eigenvalue weighted by atomic mass is 16.5. The Morgan fingerprint density at radius 3 is 2.16 bits per heavy atom. The lowest BCUT2D eigenvalue weighted by Gasteiger charge is -2.08. The summed E-state index contributed by atoms with van der Waals surface area (Å²) in [4.78, 5) is 23.9. The van der Waals surface area contributed by atoms with Gasteiger partial charge < -0.3 is 10.1 Å². The number of esters is 1. The van der Waals surface area contributed by atoms with Gasteiger partial charge in [0, 0.05) is 5.69 Å². The van der Waals surface area contributed by atoms with Crippen LogP contribution in [-0.2, 0) is 22.4 Å². The topological polar surface area (TPSA) is 55.4 Å². The molecule has 0 spiro atoms. The van der Waals surface area contributed by atoms with Crippen LogP contribution in [0.3, 0.4) is 0 Å². The minimum Gasteiger partial charge on any atom is -0.452 e. The summed E-state index contributed by atoms with van der Waals surface area (Å²) in [5.41, 5.74) is 3.55. The van der Waals surface area contributed by atoms with Gasteiger partial charge in [-0.3, -0.25) is 4.79 Å². The van der Waals surface area contributed by atoms with Gasteiger partial charge >= 0.3 is 5.97 Å². The number of benzene rings is 2. The lowest BCUT2D eigenvalue weighted by Crippen LogP contribution is -2.20. The van der Waals surface area contributed by atoms with Crippen LogP contribution < -0.4 is 5.32 Å². The summed E-state index contributed by atoms with van der Waals surface area (Å²) in [6.07, 6.45) is 4.26. The van der Waals surface area contributed by atoms with Crippen LogP contribution in [0.5, 0.6) is 0 Å². The van der Waals surface area contributed by atoms with Crippen LogP contribution in [0, 0.1) is 0 Å². The maximum atomic E-state index is 11.9. The van der Waals surface area contributed by atoms with Gasteiger partial charge in [0.2, 0.25) is 0 Å². The molecule has 2 aromatic carbocycles. The van der Waals surface area contributed by atoms with Crippen molar-refractivity contribution >= 4 is 17.6 Å². The number of anilines is 1. The molecule has 0 saturated carbocycles. The molecule has 2 rings (SSSR count). The molecule has 0 heterocycles. The number of hydrogen-bond acceptors (Lipinski definition) is 3. The summed E-state index contributed by atoms with van der Waals surface area (Å²) in [6, 6.07) is 15.0. The first-order chi connectivity index (χ1) is 12.1. The first kappa shape index (κ1) is 18.7. The van der Waals surface area contributed by atoms with Gasteiger partial charge in [0.05, 0.1) is 5.56 Å². The molecule has 4 nitrogen and oxygen atoms in total. The summed E-state index contributed by atoms with van der Waals surface area (Å²) in [5.74, 6) is -0.840. The van der Waals surface area contributed by atoms with E-state index in [2.05, 4.69) is 12.2 Å². The van der Waals surface area contributed by atoms with E-state index in [4.69, 9.17) is 4.74 Å². The van der Waals surface area contributed by atoms with Crippen LogP contribution in [0.25, 0.3) is 0 Å². The molecule has 0 saturated heterocycles. The molecular formula is C21H25NO3. The standard InChI is InChI=1S/C21H25NO3/c1-3-5-6-17-9-13-19(14-10-17)22-20(23)15-25-21(24)18-11-7-16(4-2)8-12-18/h7-14H,3-6,15H2,1-2H3,(H,22,23). The van der Waals surface area contributed by atoms with Crippen LogP contribution in [0.15, 0.2) is 48.5 Å². The number of carbonyl (C=O) groups excluding carboxylic acids is 2. The normalized spacial score (nSPS) is 10.3. The minimum absolute atomic E-state index is 0.300. The number of amides is 1. The van der Waals surface area contributed by atoms with Crippen molar-refractivity contribution in [2.75, 3.05) is 11.9 Å². The fourth-order valence-corrected chi connectivity index (χ4v) is 2.42. The zero-order valence-electron chi connectivity index (χ0n) is 14.9. The van der Waals surface area contributed by atoms with Crippen molar-refractivity contribution in [2.24, 2.45) is 0 Å². The van der Waals surface area contributed by atoms with Crippen molar-refractivity contribution in [3.8, 4) is 0 Å². The Hall–Kier alpha value is -2.62. The fourth-order valence-electron chi connectivity index (χ4n) is 2.42. The van der Waals surface area contributed by atoms with E-state index in [0.29, 0.717) is 11.3 Å². The largest absolute Gasteiger partial charge is 0.452 e. The van der Waals surface area contributed by atoms with Crippen LogP contribution >= 0.6 is 0 Å². The molecule has 0 radical (unpaired) electrons. The first-order valence-electron chi connectivity index (χ1n) is 8.77. The smallest absolute Gasteiger partial charge is 0.338 e. The second kappa shape index (κ2) is 9.62. The van der Waals surface area contributed by atoms with Gasteiger partial charge in [-0.25, -0.2) is 4.79 Å². The Morgan fingerprint density at radius 2 is 1.56 bits per heavy atom. The molecule has 0 aliphatic heterocycles. The van der Waals surface area contributed by atoms with Gasteiger partial charge in [0.15, 0.2) is 6.61 Å². The highest BCUT2D eigenvalue weighted by Gasteiger charge is 2.10. The molecule has 0 aromatic heterocycles.